The molecule has 4 atom stereocenters. The Balaban J connectivity index is 4.57. The number of aliphatic hydroxyl groups is 1. The predicted molar refractivity (Wildman–Crippen MR) is 183 cm³/mol. The zero-order valence-electron chi connectivity index (χ0n) is 29.9. The van der Waals surface area contributed by atoms with Crippen LogP contribution in [0.15, 0.2) is 0 Å². The van der Waals surface area contributed by atoms with Crippen molar-refractivity contribution in [3.05, 3.63) is 0 Å². The van der Waals surface area contributed by atoms with Gasteiger partial charge in [0.15, 0.2) is 6.10 Å². The third-order valence-electron chi connectivity index (χ3n) is 7.83. The maximum absolute atomic E-state index is 12.5. The first-order valence-electron chi connectivity index (χ1n) is 18.0. The molecule has 0 aromatic rings. The standard InChI is InChI=1S/C34H69N2O9P/c1-6-8-10-12-13-14-20-24-33(38)45-32(29-44-46(40,41)43-26-25-36(3,4)5)28-42-34(39)27-30(35)21-17-15-16-19-23-31(37)22-18-11-9-7-2/h30-32,37H,6-29,35H2,1-5H3/p+1/t30?,31?,32-/m0/s1. The minimum atomic E-state index is -4.40. The number of rotatable bonds is 32. The van der Waals surface area contributed by atoms with Gasteiger partial charge in [0.25, 0.3) is 0 Å². The second-order valence-corrected chi connectivity index (χ2v) is 15.2. The van der Waals surface area contributed by atoms with Crippen LogP contribution in [-0.4, -0.2) is 92.2 Å². The summed E-state index contributed by atoms with van der Waals surface area (Å²) < 4.78 is 33.9. The molecule has 274 valence electrons. The van der Waals surface area contributed by atoms with Gasteiger partial charge in [-0.15, -0.1) is 0 Å². The van der Waals surface area contributed by atoms with Crippen LogP contribution in [0.25, 0.3) is 0 Å². The molecule has 3 unspecified atom stereocenters. The molecular formula is C34H70N2O9P+. The van der Waals surface area contributed by atoms with E-state index in [1.165, 1.54) is 38.5 Å². The van der Waals surface area contributed by atoms with Crippen LogP contribution in [0.4, 0.5) is 0 Å². The number of quaternary nitrogens is 1. The summed E-state index contributed by atoms with van der Waals surface area (Å²) in [6.45, 7) is 4.09. The van der Waals surface area contributed by atoms with Crippen molar-refractivity contribution < 1.29 is 47.2 Å². The van der Waals surface area contributed by atoms with Gasteiger partial charge in [0.1, 0.15) is 19.8 Å². The first-order chi connectivity index (χ1) is 21.8. The molecule has 0 aromatic heterocycles. The molecule has 0 fully saturated rings. The number of hydrogen-bond acceptors (Lipinski definition) is 9. The predicted octanol–water partition coefficient (Wildman–Crippen LogP) is 6.81. The van der Waals surface area contributed by atoms with E-state index in [4.69, 9.17) is 24.3 Å². The van der Waals surface area contributed by atoms with Crippen molar-refractivity contribution in [1.29, 1.82) is 0 Å². The van der Waals surface area contributed by atoms with Crippen molar-refractivity contribution in [3.8, 4) is 0 Å². The molecule has 0 saturated heterocycles. The van der Waals surface area contributed by atoms with Gasteiger partial charge in [-0.3, -0.25) is 18.6 Å². The molecule has 0 heterocycles. The zero-order chi connectivity index (χ0) is 34.7. The Morgan fingerprint density at radius 3 is 1.85 bits per heavy atom. The molecule has 12 heteroatoms. The number of likely N-dealkylation sites (N-methyl/N-ethyl adjacent to an activating group) is 1. The molecule has 0 amide bonds. The number of phosphoric ester groups is 1. The van der Waals surface area contributed by atoms with E-state index in [1.54, 1.807) is 0 Å². The third-order valence-corrected chi connectivity index (χ3v) is 8.82. The van der Waals surface area contributed by atoms with Crippen molar-refractivity contribution in [2.75, 3.05) is 47.5 Å². The Labute approximate surface area is 280 Å². The fourth-order valence-corrected chi connectivity index (χ4v) is 5.63. The van der Waals surface area contributed by atoms with Gasteiger partial charge in [0.2, 0.25) is 0 Å². The second-order valence-electron chi connectivity index (χ2n) is 13.7. The number of unbranched alkanes of at least 4 members (excludes halogenated alkanes) is 12. The highest BCUT2D eigenvalue weighted by atomic mass is 31.2. The van der Waals surface area contributed by atoms with Crippen molar-refractivity contribution in [2.24, 2.45) is 5.73 Å². The minimum absolute atomic E-state index is 0.00788. The molecule has 0 radical (unpaired) electrons. The summed E-state index contributed by atoms with van der Waals surface area (Å²) in [5, 5.41) is 10.1. The van der Waals surface area contributed by atoms with Crippen LogP contribution in [0.5, 0.6) is 0 Å². The number of nitrogens with zero attached hydrogens (tertiary/aromatic N) is 1. The summed E-state index contributed by atoms with van der Waals surface area (Å²) in [4.78, 5) is 35.1. The van der Waals surface area contributed by atoms with Crippen LogP contribution in [-0.2, 0) is 32.7 Å². The molecule has 0 aliphatic heterocycles. The van der Waals surface area contributed by atoms with Crippen molar-refractivity contribution in [3.63, 3.8) is 0 Å². The maximum Gasteiger partial charge on any atom is 0.472 e. The number of carbonyl (C=O) groups is 2. The largest absolute Gasteiger partial charge is 0.472 e. The lowest BCUT2D eigenvalue weighted by molar-refractivity contribution is -0.870. The van der Waals surface area contributed by atoms with Gasteiger partial charge < -0.3 is 29.7 Å². The lowest BCUT2D eigenvalue weighted by atomic mass is 10.0. The van der Waals surface area contributed by atoms with E-state index in [9.17, 15) is 24.2 Å². The summed E-state index contributed by atoms with van der Waals surface area (Å²) >= 11 is 0. The summed E-state index contributed by atoms with van der Waals surface area (Å²) in [7, 11) is 1.39. The van der Waals surface area contributed by atoms with Crippen LogP contribution in [0.1, 0.15) is 142 Å². The first-order valence-corrected chi connectivity index (χ1v) is 19.5. The molecule has 0 saturated carbocycles. The van der Waals surface area contributed by atoms with E-state index < -0.39 is 32.5 Å². The molecule has 0 rings (SSSR count). The Morgan fingerprint density at radius 2 is 1.26 bits per heavy atom. The molecule has 46 heavy (non-hydrogen) atoms. The van der Waals surface area contributed by atoms with E-state index >= 15 is 0 Å². The van der Waals surface area contributed by atoms with Crippen LogP contribution in [0, 0.1) is 0 Å². The number of aliphatic hydroxyl groups excluding tert-OH is 1. The van der Waals surface area contributed by atoms with E-state index in [0.29, 0.717) is 23.9 Å². The molecule has 0 aliphatic rings. The number of hydrogen-bond donors (Lipinski definition) is 3. The summed E-state index contributed by atoms with van der Waals surface area (Å²) in [5.41, 5.74) is 6.16. The Hall–Kier alpha value is -1.07. The number of carbonyl (C=O) groups excluding carboxylic acids is 2. The molecule has 0 bridgehead atoms. The quantitative estimate of drug-likeness (QED) is 0.0298. The van der Waals surface area contributed by atoms with Gasteiger partial charge in [-0.1, -0.05) is 104 Å². The molecule has 0 aromatic carbocycles. The topological polar surface area (TPSA) is 155 Å². The number of phosphoric acid groups is 1. The Morgan fingerprint density at radius 1 is 0.739 bits per heavy atom. The Bertz CT molecular complexity index is 810. The Kier molecular flexibility index (Phi) is 27.2. The highest BCUT2D eigenvalue weighted by Gasteiger charge is 2.27. The van der Waals surface area contributed by atoms with Crippen molar-refractivity contribution in [2.45, 2.75) is 161 Å². The summed E-state index contributed by atoms with van der Waals surface area (Å²) in [5.74, 6) is -1.00. The van der Waals surface area contributed by atoms with Gasteiger partial charge >= 0.3 is 19.8 Å². The minimum Gasteiger partial charge on any atom is -0.462 e. The number of nitrogens with two attached hydrogens (primary N) is 1. The highest BCUT2D eigenvalue weighted by molar-refractivity contribution is 7.47. The molecule has 4 N–H and O–H groups in total. The fraction of sp³-hybridized carbons (Fsp3) is 0.941. The SMILES string of the molecule is CCCCCCCCCC(=O)O[C@@H](COC(=O)CC(N)CCCCCCC(O)CCCCCC)COP(=O)(O)OCC[N+](C)(C)C. The average molecular weight is 682 g/mol. The average Bonchev–Trinajstić information content (AvgIpc) is 2.97. The van der Waals surface area contributed by atoms with E-state index in [2.05, 4.69) is 13.8 Å². The van der Waals surface area contributed by atoms with Gasteiger partial charge in [0, 0.05) is 12.5 Å². The van der Waals surface area contributed by atoms with Crippen molar-refractivity contribution >= 4 is 19.8 Å². The van der Waals surface area contributed by atoms with Gasteiger partial charge in [0.05, 0.1) is 40.3 Å². The van der Waals surface area contributed by atoms with Crippen molar-refractivity contribution in [1.82, 2.24) is 0 Å². The monoisotopic (exact) mass is 681 g/mol. The van der Waals surface area contributed by atoms with Crippen LogP contribution in [0.3, 0.4) is 0 Å². The van der Waals surface area contributed by atoms with E-state index in [0.717, 1.165) is 64.2 Å². The summed E-state index contributed by atoms with van der Waals surface area (Å²) in [6.07, 6.45) is 17.3. The summed E-state index contributed by atoms with van der Waals surface area (Å²) in [6, 6.07) is -0.362. The number of ether oxygens (including phenoxy) is 2. The molecule has 0 spiro atoms. The van der Waals surface area contributed by atoms with E-state index in [-0.39, 0.29) is 38.2 Å². The fourth-order valence-electron chi connectivity index (χ4n) is 4.88. The molecule has 0 aliphatic carbocycles. The molecule has 11 nitrogen and oxygen atoms in total. The van der Waals surface area contributed by atoms with E-state index in [1.807, 2.05) is 21.1 Å². The normalized spacial score (nSPS) is 15.2. The van der Waals surface area contributed by atoms with Crippen LogP contribution >= 0.6 is 7.82 Å². The first kappa shape index (κ1) is 44.9. The lowest BCUT2D eigenvalue weighted by Gasteiger charge is -2.24. The maximum atomic E-state index is 12.5. The second kappa shape index (κ2) is 27.8. The highest BCUT2D eigenvalue weighted by Crippen LogP contribution is 2.43. The third kappa shape index (κ3) is 30.3. The van der Waals surface area contributed by atoms with Gasteiger partial charge in [-0.25, -0.2) is 4.57 Å². The van der Waals surface area contributed by atoms with Crippen LogP contribution in [0.2, 0.25) is 0 Å². The smallest absolute Gasteiger partial charge is 0.462 e. The number of esters is 2. The zero-order valence-corrected chi connectivity index (χ0v) is 30.8. The lowest BCUT2D eigenvalue weighted by Crippen LogP contribution is -2.37. The molecular weight excluding hydrogens is 611 g/mol. The van der Waals surface area contributed by atoms with Crippen LogP contribution < -0.4 is 5.73 Å². The van der Waals surface area contributed by atoms with Gasteiger partial charge in [-0.2, -0.15) is 0 Å². The van der Waals surface area contributed by atoms with Gasteiger partial charge in [-0.05, 0) is 25.7 Å².